The van der Waals surface area contributed by atoms with Gasteiger partial charge in [0, 0.05) is 50.8 Å². The van der Waals surface area contributed by atoms with E-state index < -0.39 is 0 Å². The number of hydrogen-bond donors (Lipinski definition) is 0. The third-order valence-corrected chi connectivity index (χ3v) is 11.1. The Morgan fingerprint density at radius 3 is 1.47 bits per heavy atom. The Morgan fingerprint density at radius 1 is 0.350 bits per heavy atom. The molecule has 1 aliphatic rings. The maximum atomic E-state index is 5.49. The topological polar surface area (TPSA) is 32.3 Å². The van der Waals surface area contributed by atoms with Crippen LogP contribution in [-0.2, 0) is 0 Å². The van der Waals surface area contributed by atoms with Crippen molar-refractivity contribution in [3.63, 3.8) is 0 Å². The maximum absolute atomic E-state index is 5.49. The normalized spacial score (nSPS) is 12.2. The molecule has 0 N–H and O–H groups in total. The lowest BCUT2D eigenvalue weighted by Gasteiger charge is -2.29. The van der Waals surface area contributed by atoms with Crippen molar-refractivity contribution < 1.29 is 0 Å². The summed E-state index contributed by atoms with van der Waals surface area (Å²) in [5.41, 5.74) is 16.6. The van der Waals surface area contributed by atoms with E-state index in [1.165, 1.54) is 16.8 Å². The molecule has 10 rings (SSSR count). The van der Waals surface area contributed by atoms with Crippen LogP contribution in [0.2, 0.25) is 0 Å². The third kappa shape index (κ3) is 7.39. The highest BCUT2D eigenvalue weighted by molar-refractivity contribution is 5.96. The molecule has 1 aromatic heterocycles. The van der Waals surface area contributed by atoms with Crippen LogP contribution in [0.1, 0.15) is 12.8 Å². The first-order valence-corrected chi connectivity index (χ1v) is 20.6. The Labute approximate surface area is 351 Å². The van der Waals surface area contributed by atoms with Crippen molar-refractivity contribution in [1.82, 2.24) is 9.97 Å². The van der Waals surface area contributed by atoms with Gasteiger partial charge >= 0.3 is 0 Å². The van der Waals surface area contributed by atoms with E-state index >= 15 is 0 Å². The number of hydrogen-bond acceptors (Lipinski definition) is 4. The predicted molar refractivity (Wildman–Crippen MR) is 251 cm³/mol. The van der Waals surface area contributed by atoms with E-state index in [-0.39, 0.29) is 0 Å². The van der Waals surface area contributed by atoms with E-state index in [9.17, 15) is 0 Å². The van der Waals surface area contributed by atoms with Crippen molar-refractivity contribution in [3.05, 3.63) is 236 Å². The van der Waals surface area contributed by atoms with Gasteiger partial charge in [-0.3, -0.25) is 0 Å². The molecule has 4 heteroatoms. The van der Waals surface area contributed by atoms with Crippen molar-refractivity contribution in [2.24, 2.45) is 0 Å². The highest BCUT2D eigenvalue weighted by Crippen LogP contribution is 2.40. The quantitative estimate of drug-likeness (QED) is 0.139. The largest absolute Gasteiger partial charge is 0.311 e. The first-order chi connectivity index (χ1) is 29.8. The maximum Gasteiger partial charge on any atom is 0.0973 e. The molecule has 0 amide bonds. The van der Waals surface area contributed by atoms with E-state index in [0.717, 1.165) is 86.0 Å². The van der Waals surface area contributed by atoms with Crippen LogP contribution in [0.5, 0.6) is 0 Å². The van der Waals surface area contributed by atoms with Crippen molar-refractivity contribution in [3.8, 4) is 44.8 Å². The molecule has 1 aliphatic carbocycles. The molecule has 60 heavy (non-hydrogen) atoms. The van der Waals surface area contributed by atoms with Gasteiger partial charge in [-0.05, 0) is 108 Å². The van der Waals surface area contributed by atoms with Crippen LogP contribution in [0.15, 0.2) is 236 Å². The molecule has 0 fully saturated rings. The van der Waals surface area contributed by atoms with Gasteiger partial charge in [-0.1, -0.05) is 152 Å². The van der Waals surface area contributed by atoms with E-state index in [4.69, 9.17) is 9.97 Å². The number of aromatic nitrogens is 2. The van der Waals surface area contributed by atoms with Gasteiger partial charge in [0.2, 0.25) is 0 Å². The van der Waals surface area contributed by atoms with E-state index in [0.29, 0.717) is 0 Å². The SMILES string of the molecule is C1=CC(N(c2ccccc2)c2ccc(N(c3ccccc3)c3ccc(-c4nc5c(-c6cccc(-c7ccccc7)c6)cccc5nc4-c4ccccc4)cc3)cc2)=CCC1. The summed E-state index contributed by atoms with van der Waals surface area (Å²) in [6.07, 6.45) is 8.92. The highest BCUT2D eigenvalue weighted by atomic mass is 15.2. The van der Waals surface area contributed by atoms with Gasteiger partial charge in [0.1, 0.15) is 0 Å². The van der Waals surface area contributed by atoms with Crippen molar-refractivity contribution in [2.75, 3.05) is 9.80 Å². The average Bonchev–Trinajstić information content (AvgIpc) is 3.33. The molecule has 0 unspecified atom stereocenters. The molecule has 4 nitrogen and oxygen atoms in total. The van der Waals surface area contributed by atoms with E-state index in [1.54, 1.807) is 0 Å². The van der Waals surface area contributed by atoms with Gasteiger partial charge in [-0.15, -0.1) is 0 Å². The highest BCUT2D eigenvalue weighted by Gasteiger charge is 2.19. The minimum Gasteiger partial charge on any atom is -0.311 e. The Kier molecular flexibility index (Phi) is 10.1. The summed E-state index contributed by atoms with van der Waals surface area (Å²) < 4.78 is 0. The fraction of sp³-hybridized carbons (Fsp3) is 0.0357. The zero-order valence-electron chi connectivity index (χ0n) is 33.1. The third-order valence-electron chi connectivity index (χ3n) is 11.1. The second-order valence-electron chi connectivity index (χ2n) is 14.9. The molecule has 8 aromatic carbocycles. The van der Waals surface area contributed by atoms with Crippen LogP contribution in [-0.4, -0.2) is 9.97 Å². The molecule has 1 heterocycles. The van der Waals surface area contributed by atoms with E-state index in [1.807, 2.05) is 6.07 Å². The number of fused-ring (bicyclic) bond motifs is 1. The molecule has 0 atom stereocenters. The average molecular weight is 771 g/mol. The van der Waals surface area contributed by atoms with Crippen LogP contribution >= 0.6 is 0 Å². The van der Waals surface area contributed by atoms with Crippen molar-refractivity contribution in [2.45, 2.75) is 12.8 Å². The molecule has 0 radical (unpaired) electrons. The number of anilines is 5. The Balaban J connectivity index is 1.05. The predicted octanol–water partition coefficient (Wildman–Crippen LogP) is 15.1. The number of para-hydroxylation sites is 3. The monoisotopic (exact) mass is 770 g/mol. The lowest BCUT2D eigenvalue weighted by atomic mass is 9.97. The molecular formula is C56H42N4. The van der Waals surface area contributed by atoms with Crippen molar-refractivity contribution in [1.29, 1.82) is 0 Å². The molecule has 0 saturated heterocycles. The molecule has 9 aromatic rings. The summed E-state index contributed by atoms with van der Waals surface area (Å²) in [5.74, 6) is 0. The summed E-state index contributed by atoms with van der Waals surface area (Å²) in [6.45, 7) is 0. The molecule has 286 valence electrons. The Bertz CT molecular complexity index is 2940. The Morgan fingerprint density at radius 2 is 0.833 bits per heavy atom. The summed E-state index contributed by atoms with van der Waals surface area (Å²) in [5, 5.41) is 0. The summed E-state index contributed by atoms with van der Waals surface area (Å²) in [6, 6.07) is 74.7. The van der Waals surface area contributed by atoms with Gasteiger partial charge < -0.3 is 9.80 Å². The first-order valence-electron chi connectivity index (χ1n) is 20.6. The van der Waals surface area contributed by atoms with Crippen molar-refractivity contribution >= 4 is 39.5 Å². The van der Waals surface area contributed by atoms with Gasteiger partial charge in [-0.2, -0.15) is 0 Å². The van der Waals surface area contributed by atoms with Crippen LogP contribution in [0.25, 0.3) is 55.8 Å². The smallest absolute Gasteiger partial charge is 0.0973 e. The van der Waals surface area contributed by atoms with Gasteiger partial charge in [0.25, 0.3) is 0 Å². The van der Waals surface area contributed by atoms with Crippen LogP contribution in [0.4, 0.5) is 28.4 Å². The second kappa shape index (κ2) is 16.6. The molecule has 0 spiro atoms. The fourth-order valence-electron chi connectivity index (χ4n) is 8.14. The summed E-state index contributed by atoms with van der Waals surface area (Å²) in [4.78, 5) is 15.5. The molecule has 0 saturated carbocycles. The van der Waals surface area contributed by atoms with Crippen LogP contribution in [0, 0.1) is 0 Å². The number of benzene rings is 8. The second-order valence-corrected chi connectivity index (χ2v) is 14.9. The summed E-state index contributed by atoms with van der Waals surface area (Å²) in [7, 11) is 0. The minimum atomic E-state index is 0.842. The number of nitrogens with zero attached hydrogens (tertiary/aromatic N) is 4. The zero-order chi connectivity index (χ0) is 40.1. The molecule has 0 bridgehead atoms. The molecule has 0 aliphatic heterocycles. The first kappa shape index (κ1) is 36.5. The lowest BCUT2D eigenvalue weighted by Crippen LogP contribution is -2.16. The van der Waals surface area contributed by atoms with Gasteiger partial charge in [0.15, 0.2) is 0 Å². The Hall–Kier alpha value is -7.82. The summed E-state index contributed by atoms with van der Waals surface area (Å²) >= 11 is 0. The number of rotatable bonds is 10. The zero-order valence-corrected chi connectivity index (χ0v) is 33.1. The van der Waals surface area contributed by atoms with Gasteiger partial charge in [0.05, 0.1) is 22.4 Å². The van der Waals surface area contributed by atoms with Gasteiger partial charge in [-0.25, -0.2) is 9.97 Å². The van der Waals surface area contributed by atoms with Crippen LogP contribution < -0.4 is 9.80 Å². The fourth-order valence-corrected chi connectivity index (χ4v) is 8.14. The van der Waals surface area contributed by atoms with Crippen LogP contribution in [0.3, 0.4) is 0 Å². The minimum absolute atomic E-state index is 0.842. The van der Waals surface area contributed by atoms with E-state index in [2.05, 4.69) is 234 Å². The number of allylic oxidation sites excluding steroid dienone is 3. The lowest BCUT2D eigenvalue weighted by molar-refractivity contribution is 0.997. The standard InChI is InChI=1S/C56H42N4/c1-6-18-41(19-7-1)44-22-16-23-45(40-44)52-30-17-31-53-56(52)58-55(54(57-53)42-20-8-2-9-21-42)43-32-34-49(35-33-43)60(48-28-14-5-15-29-48)51-38-36-50(37-39-51)59(46-24-10-3-11-25-46)47-26-12-4-13-27-47/h1-3,5-12,14-40H,4,13H2. The molecular weight excluding hydrogens is 729 g/mol.